The zero-order chi connectivity index (χ0) is 15.5. The highest BCUT2D eigenvalue weighted by atomic mass is 32.2. The molecular formula is C13H20N2O5S. The summed E-state index contributed by atoms with van der Waals surface area (Å²) >= 11 is 0. The van der Waals surface area contributed by atoms with Gasteiger partial charge in [0.25, 0.3) is 0 Å². The first kappa shape index (κ1) is 16.0. The number of aryl methyl sites for hydroxylation is 1. The molecule has 0 amide bonds. The molecule has 1 saturated heterocycles. The zero-order valence-corrected chi connectivity index (χ0v) is 13.1. The van der Waals surface area contributed by atoms with Crippen LogP contribution in [0, 0.1) is 0 Å². The number of morpholine rings is 1. The minimum absolute atomic E-state index is 0.107. The Labute approximate surface area is 124 Å². The normalized spacial score (nSPS) is 16.9. The van der Waals surface area contributed by atoms with Crippen molar-refractivity contribution in [1.82, 2.24) is 8.87 Å². The van der Waals surface area contributed by atoms with E-state index in [1.54, 1.807) is 7.05 Å². The van der Waals surface area contributed by atoms with Gasteiger partial charge in [-0.05, 0) is 12.5 Å². The van der Waals surface area contributed by atoms with Crippen LogP contribution in [0.5, 0.6) is 0 Å². The van der Waals surface area contributed by atoms with E-state index in [9.17, 15) is 13.2 Å². The number of nitrogens with zero attached hydrogens (tertiary/aromatic N) is 2. The number of sulfonamides is 1. The van der Waals surface area contributed by atoms with Crippen molar-refractivity contribution in [3.05, 3.63) is 18.0 Å². The molecule has 0 bridgehead atoms. The molecule has 2 heterocycles. The Morgan fingerprint density at radius 2 is 2.05 bits per heavy atom. The van der Waals surface area contributed by atoms with Crippen molar-refractivity contribution in [2.75, 3.05) is 32.9 Å². The lowest BCUT2D eigenvalue weighted by Crippen LogP contribution is -2.40. The van der Waals surface area contributed by atoms with Crippen LogP contribution in [0.2, 0.25) is 0 Å². The van der Waals surface area contributed by atoms with Crippen molar-refractivity contribution in [3.8, 4) is 0 Å². The highest BCUT2D eigenvalue weighted by molar-refractivity contribution is 7.89. The Morgan fingerprint density at radius 3 is 2.67 bits per heavy atom. The van der Waals surface area contributed by atoms with E-state index >= 15 is 0 Å². The molecule has 1 aliphatic rings. The first-order chi connectivity index (χ1) is 9.96. The number of rotatable bonds is 5. The van der Waals surface area contributed by atoms with Gasteiger partial charge in [-0.25, -0.2) is 13.2 Å². The Bertz CT molecular complexity index is 602. The maximum Gasteiger partial charge on any atom is 0.354 e. The summed E-state index contributed by atoms with van der Waals surface area (Å²) in [5, 5.41) is 0. The summed E-state index contributed by atoms with van der Waals surface area (Å²) in [5.41, 5.74) is 0.232. The molecule has 0 aromatic carbocycles. The molecule has 1 aromatic heterocycles. The van der Waals surface area contributed by atoms with E-state index in [-0.39, 0.29) is 10.6 Å². The zero-order valence-electron chi connectivity index (χ0n) is 12.2. The van der Waals surface area contributed by atoms with E-state index in [1.165, 1.54) is 21.1 Å². The second-order valence-corrected chi connectivity index (χ2v) is 6.76. The standard InChI is InChI=1S/C13H20N2O5S/c1-3-6-20-13(16)12-9-11(10-14(12)2)21(17,18)15-4-7-19-8-5-15/h9-10H,3-8H2,1-2H3. The minimum Gasteiger partial charge on any atom is -0.461 e. The number of carbonyl (C=O) groups is 1. The van der Waals surface area contributed by atoms with Crippen LogP contribution in [0.25, 0.3) is 0 Å². The molecule has 21 heavy (non-hydrogen) atoms. The molecule has 1 fully saturated rings. The van der Waals surface area contributed by atoms with Crippen molar-refractivity contribution < 1.29 is 22.7 Å². The fraction of sp³-hybridized carbons (Fsp3) is 0.615. The van der Waals surface area contributed by atoms with Crippen LogP contribution in [0.3, 0.4) is 0 Å². The Kier molecular flexibility index (Phi) is 5.02. The van der Waals surface area contributed by atoms with Gasteiger partial charge in [0.15, 0.2) is 0 Å². The molecule has 118 valence electrons. The maximum atomic E-state index is 12.5. The van der Waals surface area contributed by atoms with Crippen LogP contribution in [-0.2, 0) is 26.5 Å². The quantitative estimate of drug-likeness (QED) is 0.744. The van der Waals surface area contributed by atoms with Crippen molar-refractivity contribution >= 4 is 16.0 Å². The molecule has 7 nitrogen and oxygen atoms in total. The number of hydrogen-bond donors (Lipinski definition) is 0. The third kappa shape index (κ3) is 3.45. The third-order valence-corrected chi connectivity index (χ3v) is 5.10. The average Bonchev–Trinajstić information content (AvgIpc) is 2.88. The Morgan fingerprint density at radius 1 is 1.38 bits per heavy atom. The lowest BCUT2D eigenvalue weighted by atomic mass is 10.4. The van der Waals surface area contributed by atoms with Gasteiger partial charge >= 0.3 is 5.97 Å². The van der Waals surface area contributed by atoms with Crippen LogP contribution in [0.1, 0.15) is 23.8 Å². The van der Waals surface area contributed by atoms with Gasteiger partial charge in [0.1, 0.15) is 10.6 Å². The van der Waals surface area contributed by atoms with Crippen LogP contribution in [0.4, 0.5) is 0 Å². The summed E-state index contributed by atoms with van der Waals surface area (Å²) in [7, 11) is -1.97. The van der Waals surface area contributed by atoms with Gasteiger partial charge in [0.05, 0.1) is 19.8 Å². The van der Waals surface area contributed by atoms with Gasteiger partial charge in [-0.15, -0.1) is 0 Å². The maximum absolute atomic E-state index is 12.5. The number of ether oxygens (including phenoxy) is 2. The van der Waals surface area contributed by atoms with E-state index < -0.39 is 16.0 Å². The minimum atomic E-state index is -3.59. The molecule has 0 unspecified atom stereocenters. The van der Waals surface area contributed by atoms with Gasteiger partial charge < -0.3 is 14.0 Å². The lowest BCUT2D eigenvalue weighted by Gasteiger charge is -2.25. The van der Waals surface area contributed by atoms with E-state index in [4.69, 9.17) is 9.47 Å². The summed E-state index contributed by atoms with van der Waals surface area (Å²) in [6.45, 7) is 3.64. The monoisotopic (exact) mass is 316 g/mol. The average molecular weight is 316 g/mol. The van der Waals surface area contributed by atoms with Crippen LogP contribution in [-0.4, -0.2) is 56.2 Å². The number of hydrogen-bond acceptors (Lipinski definition) is 5. The molecule has 0 spiro atoms. The van der Waals surface area contributed by atoms with Crippen LogP contribution < -0.4 is 0 Å². The van der Waals surface area contributed by atoms with E-state index in [0.29, 0.717) is 32.9 Å². The summed E-state index contributed by atoms with van der Waals surface area (Å²) in [5.74, 6) is -0.511. The molecule has 0 aliphatic carbocycles. The summed E-state index contributed by atoms with van der Waals surface area (Å²) in [4.78, 5) is 12.0. The number of esters is 1. The predicted molar refractivity (Wildman–Crippen MR) is 75.6 cm³/mol. The SMILES string of the molecule is CCCOC(=O)c1cc(S(=O)(=O)N2CCOCC2)cn1C. The molecule has 8 heteroatoms. The number of aromatic nitrogens is 1. The van der Waals surface area contributed by atoms with Crippen LogP contribution in [0.15, 0.2) is 17.2 Å². The Hall–Kier alpha value is -1.38. The van der Waals surface area contributed by atoms with E-state index in [0.717, 1.165) is 6.42 Å². The fourth-order valence-corrected chi connectivity index (χ4v) is 3.56. The smallest absolute Gasteiger partial charge is 0.354 e. The molecule has 2 rings (SSSR count). The lowest BCUT2D eigenvalue weighted by molar-refractivity contribution is 0.0494. The molecule has 1 aliphatic heterocycles. The summed E-state index contributed by atoms with van der Waals surface area (Å²) < 4.78 is 38.0. The van der Waals surface area contributed by atoms with Gasteiger partial charge in [0.2, 0.25) is 10.0 Å². The fourth-order valence-electron chi connectivity index (χ4n) is 2.08. The van der Waals surface area contributed by atoms with Gasteiger partial charge in [-0.2, -0.15) is 4.31 Å². The molecule has 0 saturated carbocycles. The second-order valence-electron chi connectivity index (χ2n) is 4.82. The van der Waals surface area contributed by atoms with Crippen molar-refractivity contribution in [3.63, 3.8) is 0 Å². The summed E-state index contributed by atoms with van der Waals surface area (Å²) in [6.07, 6.45) is 2.16. The molecule has 1 aromatic rings. The molecule has 0 N–H and O–H groups in total. The second kappa shape index (κ2) is 6.59. The van der Waals surface area contributed by atoms with Gasteiger partial charge in [-0.1, -0.05) is 6.92 Å². The molecular weight excluding hydrogens is 296 g/mol. The van der Waals surface area contributed by atoms with Gasteiger partial charge in [-0.3, -0.25) is 0 Å². The van der Waals surface area contributed by atoms with Crippen LogP contribution >= 0.6 is 0 Å². The van der Waals surface area contributed by atoms with E-state index in [1.807, 2.05) is 6.92 Å². The number of carbonyl (C=O) groups excluding carboxylic acids is 1. The first-order valence-corrected chi connectivity index (χ1v) is 8.32. The Balaban J connectivity index is 2.22. The topological polar surface area (TPSA) is 77.8 Å². The van der Waals surface area contributed by atoms with Crippen molar-refractivity contribution in [2.45, 2.75) is 18.2 Å². The highest BCUT2D eigenvalue weighted by Crippen LogP contribution is 2.20. The van der Waals surface area contributed by atoms with E-state index in [2.05, 4.69) is 0 Å². The highest BCUT2D eigenvalue weighted by Gasteiger charge is 2.29. The largest absolute Gasteiger partial charge is 0.461 e. The predicted octanol–water partition coefficient (Wildman–Crippen LogP) is 0.613. The van der Waals surface area contributed by atoms with Gasteiger partial charge in [0, 0.05) is 26.3 Å². The molecule has 0 radical (unpaired) electrons. The first-order valence-electron chi connectivity index (χ1n) is 6.88. The third-order valence-electron chi connectivity index (χ3n) is 3.23. The van der Waals surface area contributed by atoms with Crippen molar-refractivity contribution in [2.24, 2.45) is 7.05 Å². The molecule has 0 atom stereocenters. The summed E-state index contributed by atoms with van der Waals surface area (Å²) in [6, 6.07) is 1.36. The van der Waals surface area contributed by atoms with Crippen molar-refractivity contribution in [1.29, 1.82) is 0 Å².